The molecule has 3 nitrogen and oxygen atoms in total. The Morgan fingerprint density at radius 1 is 1.11 bits per heavy atom. The smallest absolute Gasteiger partial charge is 0.129 e. The molecule has 104 valence electrons. The highest BCUT2D eigenvalue weighted by atomic mass is 28.3. The summed E-state index contributed by atoms with van der Waals surface area (Å²) in [6.45, 7) is 6.68. The number of aliphatic hydroxyl groups excluding tert-OH is 2. The molecule has 4 heteroatoms. The van der Waals surface area contributed by atoms with Crippen molar-refractivity contribution in [3.63, 3.8) is 0 Å². The van der Waals surface area contributed by atoms with Crippen molar-refractivity contribution >= 4 is 8.07 Å². The van der Waals surface area contributed by atoms with Crippen LogP contribution in [0.1, 0.15) is 11.1 Å². The van der Waals surface area contributed by atoms with Crippen LogP contribution in [0.2, 0.25) is 19.6 Å². The van der Waals surface area contributed by atoms with Crippen molar-refractivity contribution in [2.24, 2.45) is 0 Å². The highest BCUT2D eigenvalue weighted by Crippen LogP contribution is 2.07. The van der Waals surface area contributed by atoms with Crippen molar-refractivity contribution in [3.8, 4) is 11.5 Å². The molecule has 1 aromatic rings. The van der Waals surface area contributed by atoms with Crippen molar-refractivity contribution < 1.29 is 14.9 Å². The molecule has 0 spiro atoms. The monoisotopic (exact) mass is 278 g/mol. The number of rotatable bonds is 5. The molecule has 0 unspecified atom stereocenters. The normalized spacial score (nSPS) is 11.3. The van der Waals surface area contributed by atoms with Gasteiger partial charge in [-0.3, -0.25) is 0 Å². The fourth-order valence-electron chi connectivity index (χ4n) is 1.32. The minimum absolute atomic E-state index is 0.170. The second-order valence-electron chi connectivity index (χ2n) is 5.50. The molecule has 0 amide bonds. The van der Waals surface area contributed by atoms with E-state index < -0.39 is 14.2 Å². The number of aliphatic hydroxyl groups is 2. The molecule has 0 saturated carbocycles. The lowest BCUT2D eigenvalue weighted by Gasteiger charge is -2.12. The van der Waals surface area contributed by atoms with E-state index in [1.807, 2.05) is 24.3 Å². The molecule has 1 rings (SSSR count). The zero-order valence-corrected chi connectivity index (χ0v) is 12.8. The molecular formula is C15H22O3Si. The van der Waals surface area contributed by atoms with E-state index in [1.54, 1.807) is 0 Å². The van der Waals surface area contributed by atoms with Crippen LogP contribution in [0.3, 0.4) is 0 Å². The van der Waals surface area contributed by atoms with E-state index in [1.165, 1.54) is 0 Å². The zero-order valence-electron chi connectivity index (χ0n) is 11.8. The van der Waals surface area contributed by atoms with Gasteiger partial charge in [-0.05, 0) is 17.7 Å². The van der Waals surface area contributed by atoms with Crippen LogP contribution in [-0.2, 0) is 11.3 Å². The maximum absolute atomic E-state index is 8.89. The van der Waals surface area contributed by atoms with Crippen molar-refractivity contribution in [3.05, 3.63) is 35.4 Å². The predicted octanol–water partition coefficient (Wildman–Crippen LogP) is 1.79. The maximum Gasteiger partial charge on any atom is 0.129 e. The first-order chi connectivity index (χ1) is 8.94. The fourth-order valence-corrected chi connectivity index (χ4v) is 1.84. The van der Waals surface area contributed by atoms with Gasteiger partial charge in [0, 0.05) is 5.56 Å². The Morgan fingerprint density at radius 3 is 2.16 bits per heavy atom. The van der Waals surface area contributed by atoms with Gasteiger partial charge in [-0.2, -0.15) is 0 Å². The van der Waals surface area contributed by atoms with Gasteiger partial charge in [0.1, 0.15) is 14.2 Å². The van der Waals surface area contributed by atoms with Gasteiger partial charge < -0.3 is 14.9 Å². The summed E-state index contributed by atoms with van der Waals surface area (Å²) in [6.07, 6.45) is -0.508. The van der Waals surface area contributed by atoms with Crippen LogP contribution < -0.4 is 0 Å². The number of ether oxygens (including phenoxy) is 1. The van der Waals surface area contributed by atoms with Crippen molar-refractivity contribution in [1.29, 1.82) is 0 Å². The SMILES string of the molecule is C[Si](C)(C)C#Cc1ccc(COC(CO)CO)cc1. The topological polar surface area (TPSA) is 49.7 Å². The first kappa shape index (κ1) is 15.9. The highest BCUT2D eigenvalue weighted by molar-refractivity contribution is 6.83. The summed E-state index contributed by atoms with van der Waals surface area (Å²) >= 11 is 0. The van der Waals surface area contributed by atoms with Crippen LogP contribution in [0.25, 0.3) is 0 Å². The molecule has 0 fully saturated rings. The van der Waals surface area contributed by atoms with E-state index in [2.05, 4.69) is 31.1 Å². The third-order valence-electron chi connectivity index (χ3n) is 2.43. The van der Waals surface area contributed by atoms with E-state index in [9.17, 15) is 0 Å². The van der Waals surface area contributed by atoms with Crippen LogP contribution in [0.15, 0.2) is 24.3 Å². The molecule has 0 bridgehead atoms. The molecule has 0 saturated heterocycles. The Hall–Kier alpha value is -1.12. The third-order valence-corrected chi connectivity index (χ3v) is 3.30. The predicted molar refractivity (Wildman–Crippen MR) is 79.4 cm³/mol. The summed E-state index contributed by atoms with van der Waals surface area (Å²) in [4.78, 5) is 0. The highest BCUT2D eigenvalue weighted by Gasteiger charge is 2.07. The average Bonchev–Trinajstić information content (AvgIpc) is 2.38. The Bertz CT molecular complexity index is 433. The molecule has 0 radical (unpaired) electrons. The van der Waals surface area contributed by atoms with Gasteiger partial charge in [0.2, 0.25) is 0 Å². The molecule has 19 heavy (non-hydrogen) atoms. The summed E-state index contributed by atoms with van der Waals surface area (Å²) < 4.78 is 5.35. The van der Waals surface area contributed by atoms with Gasteiger partial charge in [0.15, 0.2) is 0 Å². The van der Waals surface area contributed by atoms with E-state index in [0.717, 1.165) is 11.1 Å². The summed E-state index contributed by atoms with van der Waals surface area (Å²) in [6, 6.07) is 7.86. The third kappa shape index (κ3) is 6.55. The first-order valence-corrected chi connectivity index (χ1v) is 9.90. The van der Waals surface area contributed by atoms with Gasteiger partial charge in [-0.25, -0.2) is 0 Å². The van der Waals surface area contributed by atoms with Gasteiger partial charge in [0.05, 0.1) is 19.8 Å². The molecular weight excluding hydrogens is 256 g/mol. The molecule has 0 aliphatic heterocycles. The molecule has 0 atom stereocenters. The van der Waals surface area contributed by atoms with Crippen LogP contribution in [0, 0.1) is 11.5 Å². The van der Waals surface area contributed by atoms with Crippen LogP contribution in [0.4, 0.5) is 0 Å². The van der Waals surface area contributed by atoms with Crippen LogP contribution in [0.5, 0.6) is 0 Å². The lowest BCUT2D eigenvalue weighted by atomic mass is 10.1. The van der Waals surface area contributed by atoms with Crippen LogP contribution in [-0.4, -0.2) is 37.6 Å². The molecule has 0 aliphatic carbocycles. The number of benzene rings is 1. The van der Waals surface area contributed by atoms with Crippen molar-refractivity contribution in [2.75, 3.05) is 13.2 Å². The van der Waals surface area contributed by atoms with E-state index in [4.69, 9.17) is 14.9 Å². The van der Waals surface area contributed by atoms with Gasteiger partial charge in [0.25, 0.3) is 0 Å². The summed E-state index contributed by atoms with van der Waals surface area (Å²) in [5.41, 5.74) is 5.33. The van der Waals surface area contributed by atoms with Crippen molar-refractivity contribution in [1.82, 2.24) is 0 Å². The maximum atomic E-state index is 8.89. The fraction of sp³-hybridized carbons (Fsp3) is 0.467. The van der Waals surface area contributed by atoms with E-state index in [0.29, 0.717) is 6.61 Å². The standard InChI is InChI=1S/C15H22O3Si/c1-19(2,3)9-8-13-4-6-14(7-5-13)12-18-15(10-16)11-17/h4-7,15-17H,10-12H2,1-3H3. The number of hydrogen-bond acceptors (Lipinski definition) is 3. The van der Waals surface area contributed by atoms with E-state index in [-0.39, 0.29) is 13.2 Å². The molecule has 2 N–H and O–H groups in total. The van der Waals surface area contributed by atoms with Gasteiger partial charge in [-0.1, -0.05) is 37.7 Å². The van der Waals surface area contributed by atoms with Gasteiger partial charge in [-0.15, -0.1) is 5.54 Å². The quantitative estimate of drug-likeness (QED) is 0.638. The Kier molecular flexibility index (Phi) is 6.26. The Labute approximate surface area is 116 Å². The zero-order chi connectivity index (χ0) is 14.3. The minimum Gasteiger partial charge on any atom is -0.394 e. The average molecular weight is 278 g/mol. The van der Waals surface area contributed by atoms with Gasteiger partial charge >= 0.3 is 0 Å². The van der Waals surface area contributed by atoms with E-state index >= 15 is 0 Å². The summed E-state index contributed by atoms with van der Waals surface area (Å²) in [5.74, 6) is 3.19. The Morgan fingerprint density at radius 2 is 1.68 bits per heavy atom. The molecule has 0 heterocycles. The van der Waals surface area contributed by atoms with Crippen LogP contribution >= 0.6 is 0 Å². The minimum atomic E-state index is -1.33. The van der Waals surface area contributed by atoms with Crippen molar-refractivity contribution in [2.45, 2.75) is 32.4 Å². The second kappa shape index (κ2) is 7.46. The summed E-state index contributed by atoms with van der Waals surface area (Å²) in [7, 11) is -1.33. The lowest BCUT2D eigenvalue weighted by Crippen LogP contribution is -2.21. The summed E-state index contributed by atoms with van der Waals surface area (Å²) in [5, 5.41) is 17.8. The Balaban J connectivity index is 2.59. The molecule has 0 aliphatic rings. The molecule has 1 aromatic carbocycles. The lowest BCUT2D eigenvalue weighted by molar-refractivity contribution is -0.0284. The second-order valence-corrected chi connectivity index (χ2v) is 10.2. The number of hydrogen-bond donors (Lipinski definition) is 2. The molecule has 0 aromatic heterocycles. The largest absolute Gasteiger partial charge is 0.394 e. The first-order valence-electron chi connectivity index (χ1n) is 6.40.